The molecule has 0 heterocycles. The van der Waals surface area contributed by atoms with Gasteiger partial charge in [-0.1, -0.05) is 0 Å². The van der Waals surface area contributed by atoms with Crippen LogP contribution in [0.3, 0.4) is 0 Å². The predicted molar refractivity (Wildman–Crippen MR) is 59.5 cm³/mol. The lowest BCUT2D eigenvalue weighted by molar-refractivity contribution is -0.274. The van der Waals surface area contributed by atoms with Crippen LogP contribution < -0.4 is 10.1 Å². The number of nitrogens with one attached hydrogen (secondary N) is 1. The first-order valence-electron chi connectivity index (χ1n) is 5.29. The minimum absolute atomic E-state index is 0.0382. The first-order chi connectivity index (χ1) is 8.51. The van der Waals surface area contributed by atoms with Gasteiger partial charge in [-0.05, 0) is 24.3 Å². The van der Waals surface area contributed by atoms with Gasteiger partial charge in [0.25, 0.3) is 0 Å². The van der Waals surface area contributed by atoms with Crippen LogP contribution in [0.4, 0.5) is 18.9 Å². The lowest BCUT2D eigenvalue weighted by Crippen LogP contribution is -2.17. The quantitative estimate of drug-likeness (QED) is 0.740. The van der Waals surface area contributed by atoms with Crippen molar-refractivity contribution in [3.8, 4) is 5.75 Å². The van der Waals surface area contributed by atoms with Crippen molar-refractivity contribution in [2.24, 2.45) is 0 Å². The van der Waals surface area contributed by atoms with Crippen LogP contribution in [0.1, 0.15) is 0 Å². The highest BCUT2D eigenvalue weighted by Crippen LogP contribution is 2.23. The molecule has 7 heteroatoms. The first-order valence-corrected chi connectivity index (χ1v) is 5.29. The van der Waals surface area contributed by atoms with E-state index in [0.717, 1.165) is 0 Å². The van der Waals surface area contributed by atoms with E-state index in [9.17, 15) is 13.2 Å². The maximum atomic E-state index is 11.9. The second-order valence-electron chi connectivity index (χ2n) is 3.33. The van der Waals surface area contributed by atoms with Crippen molar-refractivity contribution in [3.63, 3.8) is 0 Å². The number of aliphatic hydroxyl groups is 1. The van der Waals surface area contributed by atoms with E-state index in [0.29, 0.717) is 18.8 Å². The van der Waals surface area contributed by atoms with Gasteiger partial charge in [0.1, 0.15) is 5.75 Å². The van der Waals surface area contributed by atoms with Crippen LogP contribution in [0, 0.1) is 0 Å². The fourth-order valence-corrected chi connectivity index (χ4v) is 1.21. The Hall–Kier alpha value is -1.47. The summed E-state index contributed by atoms with van der Waals surface area (Å²) in [4.78, 5) is 0. The smallest absolute Gasteiger partial charge is 0.406 e. The normalized spacial score (nSPS) is 11.3. The summed E-state index contributed by atoms with van der Waals surface area (Å²) in [6.45, 7) is 1.13. The molecule has 0 saturated carbocycles. The number of benzene rings is 1. The molecule has 0 amide bonds. The molecule has 0 saturated heterocycles. The largest absolute Gasteiger partial charge is 0.573 e. The van der Waals surface area contributed by atoms with Crippen molar-refractivity contribution < 1.29 is 27.8 Å². The Bertz CT molecular complexity index is 340. The summed E-state index contributed by atoms with van der Waals surface area (Å²) >= 11 is 0. The van der Waals surface area contributed by atoms with Crippen molar-refractivity contribution >= 4 is 5.69 Å². The van der Waals surface area contributed by atoms with Crippen molar-refractivity contribution in [1.82, 2.24) is 0 Å². The van der Waals surface area contributed by atoms with E-state index in [4.69, 9.17) is 9.84 Å². The van der Waals surface area contributed by atoms with E-state index in [2.05, 4.69) is 10.1 Å². The number of rotatable bonds is 7. The highest BCUT2D eigenvalue weighted by molar-refractivity contribution is 5.46. The molecule has 0 atom stereocenters. The van der Waals surface area contributed by atoms with Crippen molar-refractivity contribution in [3.05, 3.63) is 24.3 Å². The maximum absolute atomic E-state index is 11.9. The van der Waals surface area contributed by atoms with E-state index in [1.165, 1.54) is 24.3 Å². The van der Waals surface area contributed by atoms with E-state index >= 15 is 0 Å². The lowest BCUT2D eigenvalue weighted by Gasteiger charge is -2.10. The zero-order valence-corrected chi connectivity index (χ0v) is 9.54. The summed E-state index contributed by atoms with van der Waals surface area (Å²) < 4.78 is 44.4. The fraction of sp³-hybridized carbons (Fsp3) is 0.455. The average Bonchev–Trinajstić information content (AvgIpc) is 2.29. The topological polar surface area (TPSA) is 50.7 Å². The van der Waals surface area contributed by atoms with Crippen LogP contribution in [0.2, 0.25) is 0 Å². The third-order valence-electron chi connectivity index (χ3n) is 1.90. The Kier molecular flexibility index (Phi) is 5.73. The maximum Gasteiger partial charge on any atom is 0.573 e. The number of alkyl halides is 3. The highest BCUT2D eigenvalue weighted by atomic mass is 19.4. The number of hydrogen-bond acceptors (Lipinski definition) is 4. The van der Waals surface area contributed by atoms with Gasteiger partial charge in [-0.15, -0.1) is 13.2 Å². The van der Waals surface area contributed by atoms with Crippen LogP contribution in [-0.4, -0.2) is 37.8 Å². The predicted octanol–water partition coefficient (Wildman–Crippen LogP) is 2.01. The number of aliphatic hydroxyl groups excluding tert-OH is 1. The van der Waals surface area contributed by atoms with Gasteiger partial charge < -0.3 is 19.9 Å². The zero-order chi connectivity index (χ0) is 13.4. The number of ether oxygens (including phenoxy) is 2. The molecule has 0 aliphatic carbocycles. The number of hydrogen-bond donors (Lipinski definition) is 2. The molecule has 18 heavy (non-hydrogen) atoms. The van der Waals surface area contributed by atoms with Gasteiger partial charge in [-0.25, -0.2) is 0 Å². The number of halogens is 3. The summed E-state index contributed by atoms with van der Waals surface area (Å²) in [5.41, 5.74) is 0.664. The molecule has 0 spiro atoms. The molecular formula is C11H14F3NO3. The van der Waals surface area contributed by atoms with Crippen LogP contribution >= 0.6 is 0 Å². The third kappa shape index (κ3) is 6.31. The molecule has 0 unspecified atom stereocenters. The van der Waals surface area contributed by atoms with Crippen molar-refractivity contribution in [2.45, 2.75) is 6.36 Å². The van der Waals surface area contributed by atoms with Gasteiger partial charge in [0, 0.05) is 12.2 Å². The average molecular weight is 265 g/mol. The molecule has 0 aliphatic rings. The standard InChI is InChI=1S/C11H14F3NO3/c12-11(13,14)18-10-3-1-9(2-4-10)15-5-7-17-8-6-16/h1-4,15-16H,5-8H2. The van der Waals surface area contributed by atoms with Crippen molar-refractivity contribution in [2.75, 3.05) is 31.7 Å². The second kappa shape index (κ2) is 7.07. The minimum Gasteiger partial charge on any atom is -0.406 e. The molecule has 0 aliphatic heterocycles. The minimum atomic E-state index is -4.67. The van der Waals surface area contributed by atoms with Crippen LogP contribution in [0.15, 0.2) is 24.3 Å². The zero-order valence-electron chi connectivity index (χ0n) is 9.54. The van der Waals surface area contributed by atoms with Crippen LogP contribution in [-0.2, 0) is 4.74 Å². The first kappa shape index (κ1) is 14.6. The molecule has 2 N–H and O–H groups in total. The van der Waals surface area contributed by atoms with Gasteiger partial charge >= 0.3 is 6.36 Å². The summed E-state index contributed by atoms with van der Waals surface area (Å²) in [7, 11) is 0. The van der Waals surface area contributed by atoms with Crippen LogP contribution in [0.25, 0.3) is 0 Å². The van der Waals surface area contributed by atoms with Gasteiger partial charge in [0.05, 0.1) is 19.8 Å². The summed E-state index contributed by atoms with van der Waals surface area (Å²) in [5, 5.41) is 11.4. The molecule has 4 nitrogen and oxygen atoms in total. The lowest BCUT2D eigenvalue weighted by atomic mass is 10.3. The fourth-order valence-electron chi connectivity index (χ4n) is 1.21. The summed E-state index contributed by atoms with van der Waals surface area (Å²) in [5.74, 6) is -0.260. The van der Waals surface area contributed by atoms with Gasteiger partial charge in [-0.2, -0.15) is 0 Å². The molecule has 1 aromatic rings. The Morgan fingerprint density at radius 3 is 2.33 bits per heavy atom. The van der Waals surface area contributed by atoms with E-state index in [1.54, 1.807) is 0 Å². The second-order valence-corrected chi connectivity index (χ2v) is 3.33. The highest BCUT2D eigenvalue weighted by Gasteiger charge is 2.30. The monoisotopic (exact) mass is 265 g/mol. The van der Waals surface area contributed by atoms with Crippen molar-refractivity contribution in [1.29, 1.82) is 0 Å². The Morgan fingerprint density at radius 1 is 1.11 bits per heavy atom. The van der Waals surface area contributed by atoms with Gasteiger partial charge in [-0.3, -0.25) is 0 Å². The van der Waals surface area contributed by atoms with Crippen LogP contribution in [0.5, 0.6) is 5.75 Å². The summed E-state index contributed by atoms with van der Waals surface area (Å²) in [6, 6.07) is 5.41. The summed E-state index contributed by atoms with van der Waals surface area (Å²) in [6.07, 6.45) is -4.67. The van der Waals surface area contributed by atoms with E-state index in [-0.39, 0.29) is 19.0 Å². The number of anilines is 1. The molecule has 0 radical (unpaired) electrons. The Labute approximate surface area is 102 Å². The van der Waals surface area contributed by atoms with E-state index < -0.39 is 6.36 Å². The molecule has 1 rings (SSSR count). The Morgan fingerprint density at radius 2 is 1.78 bits per heavy atom. The molecule has 102 valence electrons. The molecule has 0 fully saturated rings. The third-order valence-corrected chi connectivity index (χ3v) is 1.90. The molecule has 0 aromatic heterocycles. The SMILES string of the molecule is OCCOCCNc1ccc(OC(F)(F)F)cc1. The Balaban J connectivity index is 2.32. The van der Waals surface area contributed by atoms with Gasteiger partial charge in [0.2, 0.25) is 0 Å². The molecule has 0 bridgehead atoms. The van der Waals surface area contributed by atoms with E-state index in [1.807, 2.05) is 0 Å². The molecule has 1 aromatic carbocycles. The van der Waals surface area contributed by atoms with Gasteiger partial charge in [0.15, 0.2) is 0 Å². The molecular weight excluding hydrogens is 251 g/mol.